The van der Waals surface area contributed by atoms with Gasteiger partial charge in [0.1, 0.15) is 5.69 Å². The number of hydrazine groups is 1. The van der Waals surface area contributed by atoms with Crippen LogP contribution in [0.15, 0.2) is 108 Å². The molecule has 9 rings (SSSR count). The summed E-state index contributed by atoms with van der Waals surface area (Å²) in [5.74, 6) is -2.29. The van der Waals surface area contributed by atoms with Crippen LogP contribution in [0.3, 0.4) is 0 Å². The van der Waals surface area contributed by atoms with Crippen LogP contribution < -0.4 is 36.6 Å². The number of phenolic OH excluding ortho intramolecular Hbond substituents is 1. The lowest BCUT2D eigenvalue weighted by Gasteiger charge is -2.49. The van der Waals surface area contributed by atoms with Gasteiger partial charge < -0.3 is 23.9 Å². The molecule has 2 N–H and O–H groups in total. The number of aromatic hydroxyl groups is 1. The van der Waals surface area contributed by atoms with E-state index < -0.39 is 52.0 Å². The number of phenols is 1. The van der Waals surface area contributed by atoms with Gasteiger partial charge in [0.05, 0.1) is 66.4 Å². The highest BCUT2D eigenvalue weighted by molar-refractivity contribution is 9.13. The fourth-order valence-corrected chi connectivity index (χ4v) is 10.6. The molecule has 0 spiro atoms. The zero-order valence-corrected chi connectivity index (χ0v) is 37.9. The maximum Gasteiger partial charge on any atom is 0.347 e. The first-order valence-corrected chi connectivity index (χ1v) is 21.6. The Hall–Kier alpha value is -6.40. The van der Waals surface area contributed by atoms with Crippen molar-refractivity contribution in [2.45, 2.75) is 50.2 Å². The van der Waals surface area contributed by atoms with E-state index in [0.29, 0.717) is 49.4 Å². The van der Waals surface area contributed by atoms with E-state index in [4.69, 9.17) is 14.2 Å². The standard InChI is InChI=1S/C45H41Br2N7O9/c1-23-11-13-25(14-12-23)49-53-40(56)28-20-31-26(36(27-19-35(63-5)39(55)38(47)37(27)46)45(28,42(53)58)24-9-7-6-8-10-24)15-18-52-43(59)51(44(60)54(31)52)17-16-29-41(57)50(2)32-22-34(62-4)33(61-3)21-30(32)48-29/h6-15,19,21-22,28,31,36,49,55H,16-18,20H2,1-5H3. The normalized spacial score (nSPS) is 20.3. The molecule has 2 aromatic heterocycles. The van der Waals surface area contributed by atoms with Crippen molar-refractivity contribution in [2.75, 3.05) is 26.8 Å². The van der Waals surface area contributed by atoms with Crippen molar-refractivity contribution in [3.63, 3.8) is 0 Å². The third-order valence-corrected chi connectivity index (χ3v) is 14.8. The average molecular weight is 984 g/mol. The summed E-state index contributed by atoms with van der Waals surface area (Å²) in [5.41, 5.74) is 4.11. The molecule has 4 heterocycles. The smallest absolute Gasteiger partial charge is 0.347 e. The van der Waals surface area contributed by atoms with Crippen LogP contribution in [0, 0.1) is 12.8 Å². The Kier molecular flexibility index (Phi) is 10.5. The number of ether oxygens (including phenoxy) is 3. The maximum absolute atomic E-state index is 15.5. The number of hydrogen-bond donors (Lipinski definition) is 2. The number of nitrogens with zero attached hydrogens (tertiary/aromatic N) is 6. The molecule has 63 heavy (non-hydrogen) atoms. The molecule has 3 aliphatic rings. The highest BCUT2D eigenvalue weighted by Gasteiger charge is 2.69. The number of allylic oxidation sites excluding steroid dienone is 2. The van der Waals surface area contributed by atoms with Crippen LogP contribution in [0.1, 0.15) is 40.8 Å². The van der Waals surface area contributed by atoms with Crippen LogP contribution in [0.4, 0.5) is 5.69 Å². The molecule has 2 amide bonds. The second-order valence-corrected chi connectivity index (χ2v) is 17.4. The Labute approximate surface area is 376 Å². The summed E-state index contributed by atoms with van der Waals surface area (Å²) in [7, 11) is 6.01. The van der Waals surface area contributed by atoms with Crippen LogP contribution in [-0.4, -0.2) is 66.7 Å². The van der Waals surface area contributed by atoms with Crippen molar-refractivity contribution in [2.24, 2.45) is 13.0 Å². The summed E-state index contributed by atoms with van der Waals surface area (Å²) in [5, 5.41) is 12.2. The summed E-state index contributed by atoms with van der Waals surface area (Å²) in [6.45, 7) is 1.72. The van der Waals surface area contributed by atoms with Crippen LogP contribution in [0.5, 0.6) is 23.0 Å². The highest BCUT2D eigenvalue weighted by Crippen LogP contribution is 2.63. The lowest BCUT2D eigenvalue weighted by Crippen LogP contribution is -2.53. The Morgan fingerprint density at radius 2 is 1.56 bits per heavy atom. The zero-order chi connectivity index (χ0) is 44.6. The minimum absolute atomic E-state index is 0.0245. The number of amides is 2. The van der Waals surface area contributed by atoms with E-state index >= 15 is 9.59 Å². The number of aryl methyl sites for hydroxylation is 3. The third-order valence-electron chi connectivity index (χ3n) is 12.7. The summed E-state index contributed by atoms with van der Waals surface area (Å²) in [6.07, 6.45) is 1.77. The lowest BCUT2D eigenvalue weighted by molar-refractivity contribution is -0.138. The number of carbonyl (C=O) groups is 2. The van der Waals surface area contributed by atoms with Gasteiger partial charge >= 0.3 is 11.4 Å². The van der Waals surface area contributed by atoms with E-state index in [-0.39, 0.29) is 47.6 Å². The van der Waals surface area contributed by atoms with Gasteiger partial charge in [-0.2, -0.15) is 5.01 Å². The number of rotatable bonds is 10. The lowest BCUT2D eigenvalue weighted by atomic mass is 9.53. The monoisotopic (exact) mass is 981 g/mol. The van der Waals surface area contributed by atoms with Crippen LogP contribution in [-0.2, 0) is 41.6 Å². The molecule has 1 aliphatic carbocycles. The van der Waals surface area contributed by atoms with Crippen molar-refractivity contribution < 1.29 is 28.9 Å². The van der Waals surface area contributed by atoms with E-state index in [1.807, 2.05) is 55.5 Å². The van der Waals surface area contributed by atoms with Gasteiger partial charge in [-0.05, 0) is 80.1 Å². The third kappa shape index (κ3) is 6.27. The number of nitrogens with one attached hydrogen (secondary N) is 1. The predicted molar refractivity (Wildman–Crippen MR) is 240 cm³/mol. The van der Waals surface area contributed by atoms with Gasteiger partial charge in [-0.25, -0.2) is 28.5 Å². The molecule has 0 bridgehead atoms. The molecule has 4 unspecified atom stereocenters. The van der Waals surface area contributed by atoms with Crippen molar-refractivity contribution in [3.05, 3.63) is 147 Å². The number of methoxy groups -OCH3 is 3. The minimum Gasteiger partial charge on any atom is -0.503 e. The van der Waals surface area contributed by atoms with Crippen molar-refractivity contribution >= 4 is 60.4 Å². The Morgan fingerprint density at radius 3 is 2.24 bits per heavy atom. The first-order chi connectivity index (χ1) is 30.3. The second kappa shape index (κ2) is 15.7. The number of imide groups is 1. The minimum atomic E-state index is -1.59. The number of halogens is 2. The molecule has 6 aromatic rings. The maximum atomic E-state index is 15.5. The fourth-order valence-electron chi connectivity index (χ4n) is 9.66. The summed E-state index contributed by atoms with van der Waals surface area (Å²) >= 11 is 7.23. The summed E-state index contributed by atoms with van der Waals surface area (Å²) in [4.78, 5) is 77.9. The van der Waals surface area contributed by atoms with E-state index in [0.717, 1.165) is 15.1 Å². The first-order valence-electron chi connectivity index (χ1n) is 20.0. The molecular weight excluding hydrogens is 942 g/mol. The van der Waals surface area contributed by atoms with Gasteiger partial charge in [0.2, 0.25) is 0 Å². The van der Waals surface area contributed by atoms with Crippen LogP contribution in [0.2, 0.25) is 0 Å². The largest absolute Gasteiger partial charge is 0.503 e. The van der Waals surface area contributed by atoms with E-state index in [1.54, 1.807) is 37.4 Å². The molecule has 0 radical (unpaired) electrons. The molecule has 16 nitrogen and oxygen atoms in total. The number of fused-ring (bicyclic) bond motifs is 5. The molecular formula is C45H41Br2N7O9. The molecule has 4 atom stereocenters. The molecule has 2 fully saturated rings. The molecule has 4 aromatic carbocycles. The quantitative estimate of drug-likeness (QED) is 0.131. The number of benzene rings is 4. The van der Waals surface area contributed by atoms with Gasteiger partial charge in [-0.3, -0.25) is 19.8 Å². The second-order valence-electron chi connectivity index (χ2n) is 15.8. The SMILES string of the molecule is COc1cc2nc(CCn3c(=O)n4n(c3=O)C3CC5C(=O)N(Nc6ccc(C)cc6)C(=O)C5(c5ccccc5)C(c5cc(OC)c(O)c(Br)c5Br)C3=CC4)c(=O)n(C)c2cc1OC. The zero-order valence-electron chi connectivity index (χ0n) is 34.7. The van der Waals surface area contributed by atoms with Gasteiger partial charge in [0.15, 0.2) is 23.0 Å². The molecule has 324 valence electrons. The Bertz CT molecular complexity index is 3100. The Morgan fingerprint density at radius 1 is 0.873 bits per heavy atom. The van der Waals surface area contributed by atoms with Gasteiger partial charge in [-0.15, -0.1) is 0 Å². The fraction of sp³-hybridized carbons (Fsp3) is 0.289. The van der Waals surface area contributed by atoms with Crippen LogP contribution in [0.25, 0.3) is 11.0 Å². The summed E-state index contributed by atoms with van der Waals surface area (Å²) < 4.78 is 22.4. The number of carbonyl (C=O) groups excluding carboxylic acids is 2. The van der Waals surface area contributed by atoms with E-state index in [9.17, 15) is 19.5 Å². The van der Waals surface area contributed by atoms with E-state index in [1.165, 1.54) is 35.3 Å². The van der Waals surface area contributed by atoms with Gasteiger partial charge in [0.25, 0.3) is 17.4 Å². The molecule has 1 saturated carbocycles. The topological polar surface area (TPSA) is 181 Å². The van der Waals surface area contributed by atoms with E-state index in [2.05, 4.69) is 42.3 Å². The summed E-state index contributed by atoms with van der Waals surface area (Å²) in [6, 6.07) is 20.4. The number of hydrogen-bond acceptors (Lipinski definition) is 11. The number of aromatic nitrogens is 5. The highest BCUT2D eigenvalue weighted by atomic mass is 79.9. The molecule has 2 aliphatic heterocycles. The van der Waals surface area contributed by atoms with Crippen molar-refractivity contribution in [1.82, 2.24) is 28.5 Å². The van der Waals surface area contributed by atoms with Gasteiger partial charge in [-0.1, -0.05) is 54.1 Å². The average Bonchev–Trinajstić information content (AvgIpc) is 3.66. The van der Waals surface area contributed by atoms with Crippen molar-refractivity contribution in [1.29, 1.82) is 0 Å². The van der Waals surface area contributed by atoms with Crippen LogP contribution >= 0.6 is 31.9 Å². The Balaban J connectivity index is 1.20. The predicted octanol–water partition coefficient (Wildman–Crippen LogP) is 5.48. The molecule has 1 saturated heterocycles. The first kappa shape index (κ1) is 41.9. The number of anilines is 1. The van der Waals surface area contributed by atoms with Gasteiger partial charge in [0, 0.05) is 42.5 Å². The molecule has 18 heteroatoms. The van der Waals surface area contributed by atoms with Crippen molar-refractivity contribution in [3.8, 4) is 23.0 Å².